The normalized spacial score (nSPS) is 11.1. The molecule has 2 aromatic carbocycles. The van der Waals surface area contributed by atoms with E-state index in [0.717, 1.165) is 11.6 Å². The second-order valence-electron chi connectivity index (χ2n) is 4.68. The van der Waals surface area contributed by atoms with Gasteiger partial charge in [0.1, 0.15) is 10.6 Å². The first-order chi connectivity index (χ1) is 10.7. The molecular formula is C14H13ClN2O5S. The molecule has 0 bridgehead atoms. The predicted molar refractivity (Wildman–Crippen MR) is 86.6 cm³/mol. The molecular weight excluding hydrogens is 344 g/mol. The van der Waals surface area contributed by atoms with Gasteiger partial charge in [-0.15, -0.1) is 0 Å². The summed E-state index contributed by atoms with van der Waals surface area (Å²) in [6.45, 7) is 1.78. The number of non-ortho nitro benzene ring substituents is 1. The summed E-state index contributed by atoms with van der Waals surface area (Å²) in [6.07, 6.45) is 0. The summed E-state index contributed by atoms with van der Waals surface area (Å²) in [5.74, 6) is 0.155. The van der Waals surface area contributed by atoms with Gasteiger partial charge in [-0.2, -0.15) is 0 Å². The van der Waals surface area contributed by atoms with Gasteiger partial charge in [-0.05, 0) is 30.7 Å². The summed E-state index contributed by atoms with van der Waals surface area (Å²) in [6, 6.07) is 8.09. The highest BCUT2D eigenvalue weighted by Crippen LogP contribution is 2.32. The second kappa shape index (κ2) is 6.43. The first-order valence-corrected chi connectivity index (χ1v) is 8.22. The van der Waals surface area contributed by atoms with E-state index in [9.17, 15) is 18.5 Å². The Morgan fingerprint density at radius 1 is 1.22 bits per heavy atom. The fraction of sp³-hybridized carbons (Fsp3) is 0.143. The topological polar surface area (TPSA) is 98.5 Å². The lowest BCUT2D eigenvalue weighted by Gasteiger charge is -2.12. The molecule has 7 nitrogen and oxygen atoms in total. The summed E-state index contributed by atoms with van der Waals surface area (Å²) >= 11 is 5.98. The zero-order chi connectivity index (χ0) is 17.2. The van der Waals surface area contributed by atoms with Gasteiger partial charge in [0.15, 0.2) is 0 Å². The molecule has 0 unspecified atom stereocenters. The van der Waals surface area contributed by atoms with Crippen molar-refractivity contribution in [3.8, 4) is 5.75 Å². The number of hydrogen-bond acceptors (Lipinski definition) is 5. The SMILES string of the molecule is COc1ccc([N+](=O)[O-])cc1NS(=O)(=O)c1ccc(C)cc1Cl. The zero-order valence-corrected chi connectivity index (χ0v) is 13.8. The van der Waals surface area contributed by atoms with Crippen molar-refractivity contribution in [3.63, 3.8) is 0 Å². The van der Waals surface area contributed by atoms with Crippen LogP contribution in [0, 0.1) is 17.0 Å². The Labute approximate surface area is 138 Å². The van der Waals surface area contributed by atoms with Crippen LogP contribution in [0.4, 0.5) is 11.4 Å². The third-order valence-electron chi connectivity index (χ3n) is 3.02. The number of rotatable bonds is 5. The van der Waals surface area contributed by atoms with Gasteiger partial charge in [-0.25, -0.2) is 8.42 Å². The first kappa shape index (κ1) is 17.0. The van der Waals surface area contributed by atoms with Gasteiger partial charge in [0, 0.05) is 12.1 Å². The van der Waals surface area contributed by atoms with Crippen molar-refractivity contribution < 1.29 is 18.1 Å². The van der Waals surface area contributed by atoms with Gasteiger partial charge in [0.05, 0.1) is 22.7 Å². The molecule has 2 rings (SSSR count). The number of halogens is 1. The van der Waals surface area contributed by atoms with E-state index in [1.165, 1.54) is 31.4 Å². The van der Waals surface area contributed by atoms with Crippen LogP contribution < -0.4 is 9.46 Å². The number of anilines is 1. The van der Waals surface area contributed by atoms with E-state index in [1.54, 1.807) is 13.0 Å². The van der Waals surface area contributed by atoms with Crippen molar-refractivity contribution in [2.24, 2.45) is 0 Å². The Morgan fingerprint density at radius 2 is 1.91 bits per heavy atom. The van der Waals surface area contributed by atoms with Gasteiger partial charge in [-0.3, -0.25) is 14.8 Å². The summed E-state index contributed by atoms with van der Waals surface area (Å²) in [4.78, 5) is 10.1. The van der Waals surface area contributed by atoms with Gasteiger partial charge < -0.3 is 4.74 Å². The maximum atomic E-state index is 12.5. The van der Waals surface area contributed by atoms with E-state index in [-0.39, 0.29) is 27.0 Å². The summed E-state index contributed by atoms with van der Waals surface area (Å²) < 4.78 is 32.2. The molecule has 0 spiro atoms. The fourth-order valence-corrected chi connectivity index (χ4v) is 3.57. The molecule has 0 radical (unpaired) electrons. The molecule has 122 valence electrons. The average molecular weight is 357 g/mol. The molecule has 0 aliphatic rings. The summed E-state index contributed by atoms with van der Waals surface area (Å²) in [5.41, 5.74) is 0.499. The van der Waals surface area contributed by atoms with Crippen LogP contribution in [0.15, 0.2) is 41.3 Å². The minimum Gasteiger partial charge on any atom is -0.495 e. The number of nitro benzene ring substituents is 1. The highest BCUT2D eigenvalue weighted by molar-refractivity contribution is 7.92. The molecule has 0 amide bonds. The smallest absolute Gasteiger partial charge is 0.271 e. The highest BCUT2D eigenvalue weighted by Gasteiger charge is 2.21. The molecule has 0 fully saturated rings. The van der Waals surface area contributed by atoms with Crippen LogP contribution in [0.5, 0.6) is 5.75 Å². The van der Waals surface area contributed by atoms with E-state index in [0.29, 0.717) is 0 Å². The molecule has 1 N–H and O–H groups in total. The quantitative estimate of drug-likeness (QED) is 0.654. The number of aryl methyl sites for hydroxylation is 1. The molecule has 0 aliphatic heterocycles. The van der Waals surface area contributed by atoms with Gasteiger partial charge in [0.2, 0.25) is 0 Å². The van der Waals surface area contributed by atoms with Crippen LogP contribution in [0.2, 0.25) is 5.02 Å². The van der Waals surface area contributed by atoms with Crippen LogP contribution in [-0.4, -0.2) is 20.5 Å². The van der Waals surface area contributed by atoms with E-state index < -0.39 is 14.9 Å². The van der Waals surface area contributed by atoms with E-state index >= 15 is 0 Å². The molecule has 0 atom stereocenters. The summed E-state index contributed by atoms with van der Waals surface area (Å²) in [5, 5.41) is 10.9. The first-order valence-electron chi connectivity index (χ1n) is 6.36. The van der Waals surface area contributed by atoms with Crippen LogP contribution in [0.3, 0.4) is 0 Å². The van der Waals surface area contributed by atoms with Crippen LogP contribution >= 0.6 is 11.6 Å². The standard InChI is InChI=1S/C14H13ClN2O5S/c1-9-3-6-14(11(15)7-9)23(20,21)16-12-8-10(17(18)19)4-5-13(12)22-2/h3-8,16H,1-2H3. The number of benzene rings is 2. The highest BCUT2D eigenvalue weighted by atomic mass is 35.5. The average Bonchev–Trinajstić information content (AvgIpc) is 2.46. The Kier molecular flexibility index (Phi) is 4.76. The van der Waals surface area contributed by atoms with Gasteiger partial charge in [-0.1, -0.05) is 17.7 Å². The molecule has 23 heavy (non-hydrogen) atoms. The Morgan fingerprint density at radius 3 is 2.48 bits per heavy atom. The van der Waals surface area contributed by atoms with Gasteiger partial charge in [0.25, 0.3) is 15.7 Å². The number of nitrogens with zero attached hydrogens (tertiary/aromatic N) is 1. The molecule has 0 heterocycles. The number of sulfonamides is 1. The van der Waals surface area contributed by atoms with Crippen LogP contribution in [0.1, 0.15) is 5.56 Å². The minimum absolute atomic E-state index is 0.0432. The number of nitro groups is 1. The van der Waals surface area contributed by atoms with Crippen LogP contribution in [0.25, 0.3) is 0 Å². The fourth-order valence-electron chi connectivity index (χ4n) is 1.91. The second-order valence-corrected chi connectivity index (χ2v) is 6.74. The van der Waals surface area contributed by atoms with Gasteiger partial charge >= 0.3 is 0 Å². The van der Waals surface area contributed by atoms with Crippen molar-refractivity contribution in [2.75, 3.05) is 11.8 Å². The minimum atomic E-state index is -4.02. The summed E-state index contributed by atoms with van der Waals surface area (Å²) in [7, 11) is -2.69. The van der Waals surface area contributed by atoms with E-state index in [1.807, 2.05) is 0 Å². The van der Waals surface area contributed by atoms with Crippen molar-refractivity contribution in [1.82, 2.24) is 0 Å². The molecule has 0 saturated carbocycles. The maximum Gasteiger partial charge on any atom is 0.271 e. The molecule has 0 aromatic heterocycles. The number of ether oxygens (including phenoxy) is 1. The monoisotopic (exact) mass is 356 g/mol. The predicted octanol–water partition coefficient (Wildman–Crippen LogP) is 3.37. The number of methoxy groups -OCH3 is 1. The lowest BCUT2D eigenvalue weighted by molar-refractivity contribution is -0.384. The Bertz CT molecular complexity index is 867. The number of hydrogen-bond donors (Lipinski definition) is 1. The van der Waals surface area contributed by atoms with E-state index in [2.05, 4.69) is 4.72 Å². The molecule has 9 heteroatoms. The Hall–Kier alpha value is -2.32. The third-order valence-corrected chi connectivity index (χ3v) is 4.86. The largest absolute Gasteiger partial charge is 0.495 e. The third kappa shape index (κ3) is 3.72. The molecule has 2 aromatic rings. The Balaban J connectivity index is 2.48. The van der Waals surface area contributed by atoms with E-state index in [4.69, 9.17) is 16.3 Å². The van der Waals surface area contributed by atoms with Crippen molar-refractivity contribution in [1.29, 1.82) is 0 Å². The van der Waals surface area contributed by atoms with Crippen molar-refractivity contribution in [2.45, 2.75) is 11.8 Å². The molecule has 0 aliphatic carbocycles. The number of nitrogens with one attached hydrogen (secondary N) is 1. The zero-order valence-electron chi connectivity index (χ0n) is 12.2. The maximum absolute atomic E-state index is 12.5. The molecule has 0 saturated heterocycles. The lowest BCUT2D eigenvalue weighted by atomic mass is 10.2. The lowest BCUT2D eigenvalue weighted by Crippen LogP contribution is -2.14. The van der Waals surface area contributed by atoms with Crippen molar-refractivity contribution >= 4 is 33.0 Å². The van der Waals surface area contributed by atoms with Crippen LogP contribution in [-0.2, 0) is 10.0 Å². The van der Waals surface area contributed by atoms with Crippen molar-refractivity contribution in [3.05, 3.63) is 57.1 Å².